The fraction of sp³-hybridized carbons (Fsp3) is 0.136. The summed E-state index contributed by atoms with van der Waals surface area (Å²) in [6, 6.07) is 7.89. The second-order valence-corrected chi connectivity index (χ2v) is 10.2. The van der Waals surface area contributed by atoms with E-state index >= 15 is 0 Å². The molecule has 2 amide bonds. The van der Waals surface area contributed by atoms with Gasteiger partial charge in [-0.2, -0.15) is 13.2 Å². The summed E-state index contributed by atoms with van der Waals surface area (Å²) in [7, 11) is -2.85. The van der Waals surface area contributed by atoms with Gasteiger partial charge >= 0.3 is 6.18 Å². The third kappa shape index (κ3) is 4.71. The number of amides is 2. The number of carbonyl (C=O) groups is 2. The van der Waals surface area contributed by atoms with Gasteiger partial charge < -0.3 is 0 Å². The van der Waals surface area contributed by atoms with Gasteiger partial charge in [0.15, 0.2) is 12.4 Å². The predicted octanol–water partition coefficient (Wildman–Crippen LogP) is 4.43. The lowest BCUT2D eigenvalue weighted by molar-refractivity contribution is -0.672. The SMILES string of the molecule is C[n+]1cccc(CN2C(=O)c3c(Cl)ccc(NS(=O)(=O)c4ccc(Cl)c(C(F)(F)F)c4)c3C2=O)c1. The van der Waals surface area contributed by atoms with Gasteiger partial charge in [0.05, 0.1) is 43.9 Å². The molecular formula is C22H15Cl2F3N3O4S+. The van der Waals surface area contributed by atoms with Crippen molar-refractivity contribution in [3.8, 4) is 0 Å². The van der Waals surface area contributed by atoms with Crippen molar-refractivity contribution >= 4 is 50.7 Å². The van der Waals surface area contributed by atoms with Gasteiger partial charge in [0, 0.05) is 11.6 Å². The average Bonchev–Trinajstić information content (AvgIpc) is 3.01. The second-order valence-electron chi connectivity index (χ2n) is 7.66. The summed E-state index contributed by atoms with van der Waals surface area (Å²) in [6.45, 7) is -0.102. The predicted molar refractivity (Wildman–Crippen MR) is 121 cm³/mol. The number of fused-ring (bicyclic) bond motifs is 1. The van der Waals surface area contributed by atoms with E-state index in [1.807, 2.05) is 0 Å². The molecule has 3 aromatic rings. The number of rotatable bonds is 5. The molecule has 0 atom stereocenters. The molecule has 0 radical (unpaired) electrons. The lowest BCUT2D eigenvalue weighted by atomic mass is 10.1. The van der Waals surface area contributed by atoms with E-state index in [4.69, 9.17) is 23.2 Å². The summed E-state index contributed by atoms with van der Waals surface area (Å²) in [4.78, 5) is 26.3. The Balaban J connectivity index is 1.72. The minimum atomic E-state index is -4.89. The quantitative estimate of drug-likeness (QED) is 0.380. The zero-order valence-electron chi connectivity index (χ0n) is 17.7. The fourth-order valence-electron chi connectivity index (χ4n) is 3.62. The van der Waals surface area contributed by atoms with Gasteiger partial charge in [0.1, 0.15) is 7.05 Å². The molecule has 1 N–H and O–H groups in total. The molecule has 0 unspecified atom stereocenters. The number of aromatic nitrogens is 1. The summed E-state index contributed by atoms with van der Waals surface area (Å²) >= 11 is 11.7. The molecule has 0 spiro atoms. The number of imide groups is 1. The van der Waals surface area contributed by atoms with Crippen LogP contribution < -0.4 is 9.29 Å². The first-order chi connectivity index (χ1) is 16.3. The molecule has 0 saturated carbocycles. The topological polar surface area (TPSA) is 87.4 Å². The molecule has 35 heavy (non-hydrogen) atoms. The van der Waals surface area contributed by atoms with Crippen molar-refractivity contribution in [3.63, 3.8) is 0 Å². The van der Waals surface area contributed by atoms with Gasteiger partial charge in [-0.25, -0.2) is 13.0 Å². The van der Waals surface area contributed by atoms with Crippen LogP contribution in [0.5, 0.6) is 0 Å². The largest absolute Gasteiger partial charge is 0.417 e. The summed E-state index contributed by atoms with van der Waals surface area (Å²) in [6.07, 6.45) is -1.43. The van der Waals surface area contributed by atoms with Crippen molar-refractivity contribution < 1.29 is 35.7 Å². The summed E-state index contributed by atoms with van der Waals surface area (Å²) < 4.78 is 69.3. The van der Waals surface area contributed by atoms with Crippen molar-refractivity contribution in [1.82, 2.24) is 4.90 Å². The Morgan fingerprint density at radius 1 is 1.00 bits per heavy atom. The molecule has 4 rings (SSSR count). The molecule has 7 nitrogen and oxygen atoms in total. The second kappa shape index (κ2) is 8.81. The first-order valence-corrected chi connectivity index (χ1v) is 12.1. The first kappa shape index (κ1) is 25.0. The van der Waals surface area contributed by atoms with Crippen LogP contribution in [0, 0.1) is 0 Å². The van der Waals surface area contributed by atoms with Gasteiger partial charge in [-0.05, 0) is 36.4 Å². The average molecular weight is 545 g/mol. The van der Waals surface area contributed by atoms with Crippen LogP contribution in [0.1, 0.15) is 31.8 Å². The molecule has 1 aromatic heterocycles. The smallest absolute Gasteiger partial charge is 0.279 e. The number of pyridine rings is 1. The molecule has 0 aliphatic carbocycles. The molecule has 0 saturated heterocycles. The van der Waals surface area contributed by atoms with E-state index in [1.165, 1.54) is 6.07 Å². The van der Waals surface area contributed by atoms with Crippen molar-refractivity contribution in [2.45, 2.75) is 17.6 Å². The molecule has 2 aromatic carbocycles. The number of halogens is 5. The van der Waals surface area contributed by atoms with E-state index in [2.05, 4.69) is 4.72 Å². The molecule has 1 aliphatic rings. The van der Waals surface area contributed by atoms with Crippen LogP contribution in [0.2, 0.25) is 10.0 Å². The lowest BCUT2D eigenvalue weighted by Crippen LogP contribution is -2.32. The van der Waals surface area contributed by atoms with E-state index in [9.17, 15) is 31.2 Å². The Labute approximate surface area is 207 Å². The summed E-state index contributed by atoms with van der Waals surface area (Å²) in [5, 5.41) is -0.747. The maximum atomic E-state index is 13.2. The van der Waals surface area contributed by atoms with Crippen LogP contribution in [0.3, 0.4) is 0 Å². The number of alkyl halides is 3. The highest BCUT2D eigenvalue weighted by molar-refractivity contribution is 7.92. The number of sulfonamides is 1. The highest BCUT2D eigenvalue weighted by Crippen LogP contribution is 2.38. The zero-order chi connectivity index (χ0) is 25.7. The number of benzene rings is 2. The first-order valence-electron chi connectivity index (χ1n) is 9.82. The Morgan fingerprint density at radius 3 is 2.31 bits per heavy atom. The minimum Gasteiger partial charge on any atom is -0.279 e. The van der Waals surface area contributed by atoms with Gasteiger partial charge in [0.2, 0.25) is 0 Å². The number of carbonyl (C=O) groups excluding carboxylic acids is 2. The Kier molecular flexibility index (Phi) is 6.28. The third-order valence-electron chi connectivity index (χ3n) is 5.21. The number of aryl methyl sites for hydroxylation is 1. The van der Waals surface area contributed by atoms with Crippen LogP contribution in [0.25, 0.3) is 0 Å². The molecular weight excluding hydrogens is 530 g/mol. The standard InChI is InChI=1S/C22H14Cl2F3N3O4S/c1-29-8-2-3-12(10-29)11-30-20(31)18-16(24)6-7-17(19(18)21(30)32)28-35(33,34)13-4-5-15(23)14(9-13)22(25,26)27/h2-10H,11H2,1H3/p+1. The van der Waals surface area contributed by atoms with Crippen molar-refractivity contribution in [2.75, 3.05) is 4.72 Å². The zero-order valence-corrected chi connectivity index (χ0v) is 20.1. The fourth-order valence-corrected chi connectivity index (χ4v) is 5.18. The Bertz CT molecular complexity index is 1490. The van der Waals surface area contributed by atoms with Crippen LogP contribution in [0.4, 0.5) is 18.9 Å². The molecule has 182 valence electrons. The van der Waals surface area contributed by atoms with E-state index in [0.29, 0.717) is 11.6 Å². The van der Waals surface area contributed by atoms with E-state index in [-0.39, 0.29) is 28.4 Å². The molecule has 0 fully saturated rings. The van der Waals surface area contributed by atoms with Crippen molar-refractivity contribution in [1.29, 1.82) is 0 Å². The number of hydrogen-bond donors (Lipinski definition) is 1. The van der Waals surface area contributed by atoms with E-state index < -0.39 is 43.5 Å². The van der Waals surface area contributed by atoms with Gasteiger partial charge in [-0.1, -0.05) is 23.2 Å². The van der Waals surface area contributed by atoms with Crippen molar-refractivity contribution in [2.24, 2.45) is 7.05 Å². The third-order valence-corrected chi connectivity index (χ3v) is 7.22. The van der Waals surface area contributed by atoms with Crippen molar-refractivity contribution in [3.05, 3.63) is 87.2 Å². The summed E-state index contributed by atoms with van der Waals surface area (Å²) in [5.74, 6) is -1.53. The maximum Gasteiger partial charge on any atom is 0.417 e. The van der Waals surface area contributed by atoms with Crippen LogP contribution in [-0.4, -0.2) is 25.1 Å². The molecule has 2 heterocycles. The lowest BCUT2D eigenvalue weighted by Gasteiger charge is -2.14. The normalized spacial score (nSPS) is 13.8. The van der Waals surface area contributed by atoms with Crippen LogP contribution in [0.15, 0.2) is 59.8 Å². The van der Waals surface area contributed by atoms with Crippen LogP contribution in [-0.2, 0) is 29.8 Å². The number of nitrogens with one attached hydrogen (secondary N) is 1. The van der Waals surface area contributed by atoms with Gasteiger partial charge in [0.25, 0.3) is 21.8 Å². The molecule has 13 heteroatoms. The van der Waals surface area contributed by atoms with Gasteiger partial charge in [-0.15, -0.1) is 0 Å². The monoisotopic (exact) mass is 544 g/mol. The maximum absolute atomic E-state index is 13.2. The molecule has 1 aliphatic heterocycles. The number of hydrogen-bond acceptors (Lipinski definition) is 4. The Morgan fingerprint density at radius 2 is 1.66 bits per heavy atom. The minimum absolute atomic E-state index is 0.0757. The highest BCUT2D eigenvalue weighted by Gasteiger charge is 2.41. The number of anilines is 1. The van der Waals surface area contributed by atoms with E-state index in [1.54, 1.807) is 36.1 Å². The van der Waals surface area contributed by atoms with E-state index in [0.717, 1.165) is 23.1 Å². The van der Waals surface area contributed by atoms with Gasteiger partial charge in [-0.3, -0.25) is 19.2 Å². The Hall–Kier alpha value is -3.15. The summed E-state index contributed by atoms with van der Waals surface area (Å²) in [5.41, 5.74) is -1.51. The molecule has 0 bridgehead atoms. The van der Waals surface area contributed by atoms with Crippen LogP contribution >= 0.6 is 23.2 Å². The number of nitrogens with zero attached hydrogens (tertiary/aromatic N) is 2. The highest BCUT2D eigenvalue weighted by atomic mass is 35.5.